The van der Waals surface area contributed by atoms with Crippen molar-refractivity contribution in [3.05, 3.63) is 23.8 Å². The average molecular weight is 578 g/mol. The van der Waals surface area contributed by atoms with Gasteiger partial charge in [-0.2, -0.15) is 0 Å². The number of ether oxygens (including phenoxy) is 2. The van der Waals surface area contributed by atoms with Crippen LogP contribution in [-0.2, 0) is 24.0 Å². The second-order valence-electron chi connectivity index (χ2n) is 9.09. The van der Waals surface area contributed by atoms with Crippen LogP contribution in [0.3, 0.4) is 0 Å². The molecular formula is C24H33F2N3O11. The van der Waals surface area contributed by atoms with Crippen molar-refractivity contribution in [1.29, 1.82) is 0 Å². The van der Waals surface area contributed by atoms with Gasteiger partial charge in [0.25, 0.3) is 6.43 Å². The molecule has 7 N–H and O–H groups in total. The molecule has 224 valence electrons. The van der Waals surface area contributed by atoms with Gasteiger partial charge < -0.3 is 50.5 Å². The van der Waals surface area contributed by atoms with E-state index in [0.29, 0.717) is 5.71 Å². The number of carboxylic acids is 1. The van der Waals surface area contributed by atoms with E-state index in [9.17, 15) is 48.7 Å². The fourth-order valence-electron chi connectivity index (χ4n) is 4.02. The average Bonchev–Trinajstić information content (AvgIpc) is 2.88. The number of anilines is 1. The first-order valence-corrected chi connectivity index (χ1v) is 12.1. The quantitative estimate of drug-likeness (QED) is 0.121. The Hall–Kier alpha value is -3.44. The van der Waals surface area contributed by atoms with Gasteiger partial charge in [-0.1, -0.05) is 5.16 Å². The second kappa shape index (κ2) is 14.3. The molecule has 2 amide bonds. The number of hydrogen-bond donors (Lipinski definition) is 7. The van der Waals surface area contributed by atoms with Crippen LogP contribution in [0.1, 0.15) is 45.1 Å². The summed E-state index contributed by atoms with van der Waals surface area (Å²) in [5.74, 6) is -6.66. The van der Waals surface area contributed by atoms with Crippen molar-refractivity contribution < 1.29 is 63.0 Å². The van der Waals surface area contributed by atoms with Crippen LogP contribution in [0.2, 0.25) is 0 Å². The Balaban J connectivity index is 2.39. The number of aliphatic hydroxyl groups is 4. The Labute approximate surface area is 227 Å². The second-order valence-corrected chi connectivity index (χ2v) is 9.09. The summed E-state index contributed by atoms with van der Waals surface area (Å²) < 4.78 is 38.9. The molecule has 16 heteroatoms. The number of alkyl halides is 2. The van der Waals surface area contributed by atoms with Gasteiger partial charge in [0.05, 0.1) is 36.4 Å². The van der Waals surface area contributed by atoms with E-state index < -0.39 is 84.8 Å². The van der Waals surface area contributed by atoms with E-state index in [1.165, 1.54) is 13.2 Å². The normalized spacial score (nSPS) is 24.6. The van der Waals surface area contributed by atoms with Gasteiger partial charge in [-0.05, 0) is 31.5 Å². The minimum atomic E-state index is -3.22. The monoisotopic (exact) mass is 577 g/mol. The zero-order chi connectivity index (χ0) is 30.2. The number of halogens is 2. The Bertz CT molecular complexity index is 1090. The zero-order valence-corrected chi connectivity index (χ0v) is 21.9. The molecule has 6 unspecified atom stereocenters. The first-order valence-electron chi connectivity index (χ1n) is 12.1. The molecule has 14 nitrogen and oxygen atoms in total. The predicted octanol–water partition coefficient (Wildman–Crippen LogP) is -0.106. The number of aliphatic carboxylic acids is 1. The molecule has 1 aromatic carbocycles. The van der Waals surface area contributed by atoms with E-state index in [4.69, 9.17) is 9.47 Å². The van der Waals surface area contributed by atoms with E-state index in [1.807, 2.05) is 0 Å². The van der Waals surface area contributed by atoms with Gasteiger partial charge in [0.15, 0.2) is 0 Å². The van der Waals surface area contributed by atoms with Crippen LogP contribution in [0.4, 0.5) is 14.5 Å². The molecule has 0 bridgehead atoms. The van der Waals surface area contributed by atoms with Crippen molar-refractivity contribution in [3.8, 4) is 5.75 Å². The van der Waals surface area contributed by atoms with Crippen LogP contribution in [0.5, 0.6) is 5.75 Å². The fraction of sp³-hybridized carbons (Fsp3) is 0.583. The summed E-state index contributed by atoms with van der Waals surface area (Å²) in [5, 5.41) is 58.7. The molecule has 0 aliphatic carbocycles. The van der Waals surface area contributed by atoms with Gasteiger partial charge in [0.1, 0.15) is 31.2 Å². The van der Waals surface area contributed by atoms with Crippen LogP contribution < -0.4 is 15.4 Å². The van der Waals surface area contributed by atoms with Gasteiger partial charge in [-0.3, -0.25) is 9.59 Å². The maximum Gasteiger partial charge on any atom is 0.377 e. The molecule has 1 saturated heterocycles. The summed E-state index contributed by atoms with van der Waals surface area (Å²) in [6.45, 7) is 1.71. The van der Waals surface area contributed by atoms with Crippen LogP contribution >= 0.6 is 0 Å². The van der Waals surface area contributed by atoms with Gasteiger partial charge in [0.2, 0.25) is 11.8 Å². The van der Waals surface area contributed by atoms with Gasteiger partial charge >= 0.3 is 11.8 Å². The minimum Gasteiger partial charge on any atom is -0.476 e. The van der Waals surface area contributed by atoms with E-state index in [2.05, 4.69) is 20.6 Å². The maximum atomic E-state index is 14.0. The van der Waals surface area contributed by atoms with Crippen molar-refractivity contribution in [2.24, 2.45) is 5.16 Å². The lowest BCUT2D eigenvalue weighted by atomic mass is 9.88. The zero-order valence-electron chi connectivity index (χ0n) is 21.9. The summed E-state index contributed by atoms with van der Waals surface area (Å²) in [4.78, 5) is 40.8. The van der Waals surface area contributed by atoms with E-state index >= 15 is 0 Å². The maximum absolute atomic E-state index is 14.0. The highest BCUT2D eigenvalue weighted by Gasteiger charge is 2.57. The number of carbonyl (C=O) groups is 3. The number of nitrogens with one attached hydrogen (secondary N) is 2. The minimum absolute atomic E-state index is 0.0340. The number of carboxylic acid groups (broad SMARTS) is 1. The van der Waals surface area contributed by atoms with Gasteiger partial charge in [-0.25, -0.2) is 13.6 Å². The van der Waals surface area contributed by atoms with Crippen molar-refractivity contribution in [1.82, 2.24) is 5.32 Å². The molecule has 0 aromatic heterocycles. The predicted molar refractivity (Wildman–Crippen MR) is 133 cm³/mol. The SMILES string of the molecule is CO/N=C(/C)CCC(=O)Nc1ccc(OC2(C(=O)O)CC(O)C(NC(C)=O)C(C(O)C(O)CO)O2)c(C(F)F)c1. The summed E-state index contributed by atoms with van der Waals surface area (Å²) in [6, 6.07) is 1.54. The molecule has 6 atom stereocenters. The first-order chi connectivity index (χ1) is 18.7. The highest BCUT2D eigenvalue weighted by Crippen LogP contribution is 2.39. The van der Waals surface area contributed by atoms with Crippen molar-refractivity contribution >= 4 is 29.2 Å². The number of carbonyl (C=O) groups excluding carboxylic acids is 2. The third-order valence-corrected chi connectivity index (χ3v) is 5.95. The molecule has 0 saturated carbocycles. The molecule has 1 fully saturated rings. The molecule has 0 radical (unpaired) electrons. The van der Waals surface area contributed by atoms with Crippen LogP contribution in [0.15, 0.2) is 23.4 Å². The largest absolute Gasteiger partial charge is 0.476 e. The number of nitrogens with zero attached hydrogens (tertiary/aromatic N) is 1. The molecule has 0 spiro atoms. The third-order valence-electron chi connectivity index (χ3n) is 5.95. The van der Waals surface area contributed by atoms with Crippen LogP contribution in [0, 0.1) is 0 Å². The Morgan fingerprint density at radius 3 is 2.45 bits per heavy atom. The molecule has 2 rings (SSSR count). The first kappa shape index (κ1) is 32.8. The van der Waals surface area contributed by atoms with E-state index in [0.717, 1.165) is 19.1 Å². The number of amides is 2. The van der Waals surface area contributed by atoms with E-state index in [1.54, 1.807) is 6.92 Å². The van der Waals surface area contributed by atoms with Gasteiger partial charge in [-0.15, -0.1) is 0 Å². The number of hydrogen-bond acceptors (Lipinski definition) is 11. The summed E-state index contributed by atoms with van der Waals surface area (Å²) in [6.07, 6.45) is -11.5. The number of oxime groups is 1. The lowest BCUT2D eigenvalue weighted by Gasteiger charge is -2.46. The van der Waals surface area contributed by atoms with Crippen molar-refractivity contribution in [2.75, 3.05) is 19.0 Å². The molecule has 1 aliphatic heterocycles. The molecule has 40 heavy (non-hydrogen) atoms. The van der Waals surface area contributed by atoms with Crippen molar-refractivity contribution in [2.45, 2.75) is 75.8 Å². The number of rotatable bonds is 13. The topological polar surface area (TPSA) is 216 Å². The standard InChI is InChI=1S/C24H33F2N3O11/c1-11(29-38-3)4-7-18(34)28-13-5-6-17(14(8-13)22(25)26)39-24(23(36)37)9-15(32)19(27-12(2)31)21(40-24)20(35)16(33)10-30/h5-6,8,15-16,19-22,30,32-33,35H,4,7,9-10H2,1-3H3,(H,27,31)(H,28,34)(H,36,37)/b29-11-. The van der Waals surface area contributed by atoms with E-state index in [-0.39, 0.29) is 18.5 Å². The molecule has 1 heterocycles. The summed E-state index contributed by atoms with van der Waals surface area (Å²) in [7, 11) is 1.34. The fourth-order valence-corrected chi connectivity index (χ4v) is 4.02. The van der Waals surface area contributed by atoms with Gasteiger partial charge in [0, 0.05) is 19.0 Å². The number of aliphatic hydroxyl groups excluding tert-OH is 4. The Morgan fingerprint density at radius 1 is 1.23 bits per heavy atom. The molecule has 1 aromatic rings. The third kappa shape index (κ3) is 8.28. The molecular weight excluding hydrogens is 544 g/mol. The Kier molecular flexibility index (Phi) is 11.7. The molecule has 1 aliphatic rings. The smallest absolute Gasteiger partial charge is 0.377 e. The highest BCUT2D eigenvalue weighted by molar-refractivity contribution is 5.94. The van der Waals surface area contributed by atoms with Crippen molar-refractivity contribution in [3.63, 3.8) is 0 Å². The lowest BCUT2D eigenvalue weighted by molar-refractivity contribution is -0.284. The van der Waals surface area contributed by atoms with Crippen LogP contribution in [0.25, 0.3) is 0 Å². The summed E-state index contributed by atoms with van der Waals surface area (Å²) in [5.41, 5.74) is -0.350. The Morgan fingerprint density at radius 2 is 1.90 bits per heavy atom. The highest BCUT2D eigenvalue weighted by atomic mass is 19.3. The number of benzene rings is 1. The summed E-state index contributed by atoms with van der Waals surface area (Å²) >= 11 is 0. The lowest BCUT2D eigenvalue weighted by Crippen LogP contribution is -2.68. The van der Waals surface area contributed by atoms with Crippen LogP contribution in [-0.4, -0.2) is 99.0 Å².